The highest BCUT2D eigenvalue weighted by Gasteiger charge is 2.54. The number of nitrogens with one attached hydrogen (secondary N) is 1. The molecule has 2 fully saturated rings. The minimum atomic E-state index is -1.25. The second kappa shape index (κ2) is 11.9. The van der Waals surface area contributed by atoms with Crippen molar-refractivity contribution in [3.63, 3.8) is 0 Å². The average Bonchev–Trinajstić information content (AvgIpc) is 3.43. The number of hydrogen-bond donors (Lipinski definition) is 2. The Morgan fingerprint density at radius 2 is 1.93 bits per heavy atom. The Morgan fingerprint density at radius 3 is 2.59 bits per heavy atom. The molecule has 232 valence electrons. The molecule has 2 amide bonds. The van der Waals surface area contributed by atoms with Crippen LogP contribution in [-0.2, 0) is 23.2 Å². The lowest BCUT2D eigenvalue weighted by Crippen LogP contribution is -2.70. The summed E-state index contributed by atoms with van der Waals surface area (Å²) in [5.41, 5.74) is 0.459. The van der Waals surface area contributed by atoms with Gasteiger partial charge in [0.15, 0.2) is 0 Å². The number of nitrogens with zero attached hydrogens (tertiary/aromatic N) is 8. The van der Waals surface area contributed by atoms with E-state index in [0.717, 1.165) is 13.1 Å². The molecule has 1 unspecified atom stereocenters. The Morgan fingerprint density at radius 1 is 1.18 bits per heavy atom. The normalized spacial score (nSPS) is 20.6. The van der Waals surface area contributed by atoms with Gasteiger partial charge in [0.2, 0.25) is 10.6 Å². The zero-order valence-corrected chi connectivity index (χ0v) is 25.8. The summed E-state index contributed by atoms with van der Waals surface area (Å²) >= 11 is 2.57. The average molecular weight is 644 g/mol. The zero-order valence-electron chi connectivity index (χ0n) is 24.2. The molecule has 2 N–H and O–H groups in total. The van der Waals surface area contributed by atoms with Gasteiger partial charge in [-0.3, -0.25) is 19.3 Å². The molecule has 14 nitrogen and oxygen atoms in total. The number of carboxylic acids is 1. The maximum Gasteiger partial charge on any atom is 0.352 e. The number of piperazine rings is 1. The number of halogens is 1. The standard InChI is InChI=1S/C27H30FN9O5S2/c1-4-35-11-16(22(38)15-9-17(28)19(10-18(15)35)36-7-5-33(2)6-8-36)23(39)29-20-24(40)37-21(26(41)42)14(12-43-25(20)37)13-44-27-30-31-32-34(27)3/h9-11,20,25H,4-8,12-13H2,1-3H3,(H,29,39)(H,41,42)/t20?,25-/m0/s1. The van der Waals surface area contributed by atoms with Gasteiger partial charge in [-0.2, -0.15) is 0 Å². The number of anilines is 1. The summed E-state index contributed by atoms with van der Waals surface area (Å²) < 4.78 is 18.5. The number of hydrogen-bond acceptors (Lipinski definition) is 11. The second-order valence-corrected chi connectivity index (χ2v) is 12.8. The van der Waals surface area contributed by atoms with Crippen molar-refractivity contribution in [1.29, 1.82) is 0 Å². The second-order valence-electron chi connectivity index (χ2n) is 10.8. The van der Waals surface area contributed by atoms with Crippen molar-refractivity contribution in [2.75, 3.05) is 49.6 Å². The molecule has 1 aromatic carbocycles. The van der Waals surface area contributed by atoms with Gasteiger partial charge in [-0.05, 0) is 42.1 Å². The number of carboxylic acid groups (broad SMARTS) is 1. The molecule has 0 bridgehead atoms. The van der Waals surface area contributed by atoms with Crippen LogP contribution in [0.2, 0.25) is 0 Å². The largest absolute Gasteiger partial charge is 0.477 e. The number of likely N-dealkylation sites (N-methyl/N-ethyl adjacent to an activating group) is 1. The molecule has 2 saturated heterocycles. The van der Waals surface area contributed by atoms with E-state index in [4.69, 9.17) is 0 Å². The first kappa shape index (κ1) is 30.1. The van der Waals surface area contributed by atoms with Crippen LogP contribution in [0.3, 0.4) is 0 Å². The fourth-order valence-electron chi connectivity index (χ4n) is 5.62. The lowest BCUT2D eigenvalue weighted by atomic mass is 10.0. The van der Waals surface area contributed by atoms with Crippen molar-refractivity contribution in [3.8, 4) is 0 Å². The molecule has 0 radical (unpaired) electrons. The van der Waals surface area contributed by atoms with E-state index < -0.39 is 40.4 Å². The third-order valence-electron chi connectivity index (χ3n) is 8.07. The van der Waals surface area contributed by atoms with E-state index >= 15 is 4.39 Å². The van der Waals surface area contributed by atoms with Crippen LogP contribution in [0.4, 0.5) is 10.1 Å². The zero-order chi connectivity index (χ0) is 31.3. The van der Waals surface area contributed by atoms with Crippen molar-refractivity contribution in [2.24, 2.45) is 7.05 Å². The van der Waals surface area contributed by atoms with Crippen LogP contribution >= 0.6 is 23.5 Å². The number of benzene rings is 1. The highest BCUT2D eigenvalue weighted by Crippen LogP contribution is 2.41. The minimum Gasteiger partial charge on any atom is -0.477 e. The van der Waals surface area contributed by atoms with Gasteiger partial charge in [0.25, 0.3) is 11.8 Å². The van der Waals surface area contributed by atoms with Gasteiger partial charge in [0.05, 0.1) is 11.2 Å². The van der Waals surface area contributed by atoms with E-state index in [1.54, 1.807) is 17.7 Å². The summed E-state index contributed by atoms with van der Waals surface area (Å²) in [5, 5.41) is 23.7. The first-order chi connectivity index (χ1) is 21.1. The van der Waals surface area contributed by atoms with Crippen LogP contribution in [0.1, 0.15) is 17.3 Å². The molecule has 3 aliphatic rings. The number of aliphatic carboxylic acids is 1. The number of aryl methyl sites for hydroxylation is 2. The van der Waals surface area contributed by atoms with E-state index in [9.17, 15) is 24.3 Å². The molecule has 5 heterocycles. The summed E-state index contributed by atoms with van der Waals surface area (Å²) in [7, 11) is 3.68. The number of aromatic nitrogens is 5. The quantitative estimate of drug-likeness (QED) is 0.260. The lowest BCUT2D eigenvalue weighted by molar-refractivity contribution is -0.148. The Balaban J connectivity index is 1.23. The van der Waals surface area contributed by atoms with Crippen LogP contribution in [-0.4, -0.2) is 114 Å². The Kier molecular flexibility index (Phi) is 8.10. The smallest absolute Gasteiger partial charge is 0.352 e. The van der Waals surface area contributed by atoms with Gasteiger partial charge in [-0.25, -0.2) is 13.9 Å². The van der Waals surface area contributed by atoms with Gasteiger partial charge in [-0.15, -0.1) is 16.9 Å². The van der Waals surface area contributed by atoms with Crippen LogP contribution in [0, 0.1) is 5.82 Å². The van der Waals surface area contributed by atoms with Crippen LogP contribution in [0.15, 0.2) is 39.6 Å². The minimum absolute atomic E-state index is 0.0693. The number of carbonyl (C=O) groups excluding carboxylic acids is 2. The molecule has 6 rings (SSSR count). The monoisotopic (exact) mass is 643 g/mol. The number of fused-ring (bicyclic) bond motifs is 2. The van der Waals surface area contributed by atoms with Gasteiger partial charge < -0.3 is 24.8 Å². The van der Waals surface area contributed by atoms with Crippen LogP contribution in [0.5, 0.6) is 0 Å². The Hall–Kier alpha value is -3.96. The third-order valence-corrected chi connectivity index (χ3v) is 10.5. The van der Waals surface area contributed by atoms with Crippen molar-refractivity contribution in [2.45, 2.75) is 30.0 Å². The van der Waals surface area contributed by atoms with Gasteiger partial charge in [0.1, 0.15) is 28.5 Å². The molecular formula is C27H30FN9O5S2. The number of carbonyl (C=O) groups is 3. The highest BCUT2D eigenvalue weighted by atomic mass is 32.2. The Bertz CT molecular complexity index is 1770. The summed E-state index contributed by atoms with van der Waals surface area (Å²) in [5.74, 6) is -2.59. The fraction of sp³-hybridized carbons (Fsp3) is 0.444. The molecule has 2 atom stereocenters. The molecular weight excluding hydrogens is 613 g/mol. The molecule has 2 aromatic heterocycles. The number of β-lactam (4-membered cyclic amide) rings is 1. The number of rotatable bonds is 8. The van der Waals surface area contributed by atoms with Gasteiger partial charge in [0, 0.05) is 62.9 Å². The maximum absolute atomic E-state index is 15.3. The van der Waals surface area contributed by atoms with Crippen LogP contribution < -0.4 is 15.6 Å². The van der Waals surface area contributed by atoms with Gasteiger partial charge >= 0.3 is 5.97 Å². The van der Waals surface area contributed by atoms with Crippen molar-refractivity contribution < 1.29 is 23.9 Å². The molecule has 0 saturated carbocycles. The number of pyridine rings is 1. The van der Waals surface area contributed by atoms with Gasteiger partial charge in [-0.1, -0.05) is 11.8 Å². The number of thioether (sulfide) groups is 2. The summed E-state index contributed by atoms with van der Waals surface area (Å²) in [6, 6.07) is 1.81. The molecule has 3 aliphatic heterocycles. The third kappa shape index (κ3) is 5.21. The summed E-state index contributed by atoms with van der Waals surface area (Å²) in [6.45, 7) is 5.15. The van der Waals surface area contributed by atoms with E-state index in [1.165, 1.54) is 45.4 Å². The highest BCUT2D eigenvalue weighted by molar-refractivity contribution is 8.01. The Labute approximate surface area is 259 Å². The van der Waals surface area contributed by atoms with E-state index in [2.05, 4.69) is 25.7 Å². The lowest BCUT2D eigenvalue weighted by Gasteiger charge is -2.49. The first-order valence-corrected chi connectivity index (χ1v) is 16.0. The SMILES string of the molecule is CCn1cc(C(=O)NC2C(=O)N3C(C(=O)O)=C(CSc4nnnn4C)CS[C@@H]23)c(=O)c2cc(F)c(N3CCN(C)CC3)cc21. The maximum atomic E-state index is 15.3. The molecule has 3 aromatic rings. The fourth-order valence-corrected chi connectivity index (χ4v) is 7.96. The summed E-state index contributed by atoms with van der Waals surface area (Å²) in [6.07, 6.45) is 1.43. The number of tetrazole rings is 1. The predicted octanol–water partition coefficient (Wildman–Crippen LogP) is 0.580. The van der Waals surface area contributed by atoms with Crippen molar-refractivity contribution >= 4 is 57.9 Å². The first-order valence-electron chi connectivity index (χ1n) is 13.9. The summed E-state index contributed by atoms with van der Waals surface area (Å²) in [4.78, 5) is 57.6. The van der Waals surface area contributed by atoms with Crippen LogP contribution in [0.25, 0.3) is 10.9 Å². The predicted molar refractivity (Wildman–Crippen MR) is 162 cm³/mol. The molecule has 44 heavy (non-hydrogen) atoms. The van der Waals surface area contributed by atoms with E-state index in [0.29, 0.717) is 47.3 Å². The number of amides is 2. The van der Waals surface area contributed by atoms with E-state index in [-0.39, 0.29) is 22.4 Å². The van der Waals surface area contributed by atoms with Crippen molar-refractivity contribution in [3.05, 3.63) is 51.2 Å². The topological polar surface area (TPSA) is 159 Å². The van der Waals surface area contributed by atoms with Crippen molar-refractivity contribution in [1.82, 2.24) is 39.9 Å². The molecule has 17 heteroatoms. The molecule has 0 aliphatic carbocycles. The molecule has 0 spiro atoms. The van der Waals surface area contributed by atoms with E-state index in [1.807, 2.05) is 18.9 Å².